The SMILES string of the molecule is CN(C)C(=O)C1CCC(CNC(=O)C2CC(=O)N(c3ccc4c(c3)OCO4)C2)O1. The zero-order chi connectivity index (χ0) is 20.5. The first-order valence-corrected chi connectivity index (χ1v) is 9.76. The third kappa shape index (κ3) is 4.00. The summed E-state index contributed by atoms with van der Waals surface area (Å²) in [4.78, 5) is 40.1. The highest BCUT2D eigenvalue weighted by atomic mass is 16.7. The average Bonchev–Trinajstić information content (AvgIpc) is 3.44. The lowest BCUT2D eigenvalue weighted by molar-refractivity contribution is -0.140. The Bertz CT molecular complexity index is 826. The number of anilines is 1. The molecule has 0 bridgehead atoms. The van der Waals surface area contributed by atoms with Crippen LogP contribution < -0.4 is 19.7 Å². The van der Waals surface area contributed by atoms with Crippen LogP contribution in [0.3, 0.4) is 0 Å². The van der Waals surface area contributed by atoms with E-state index in [-0.39, 0.29) is 37.0 Å². The van der Waals surface area contributed by atoms with Gasteiger partial charge in [0.1, 0.15) is 6.10 Å². The van der Waals surface area contributed by atoms with Crippen LogP contribution in [0.25, 0.3) is 0 Å². The number of nitrogens with zero attached hydrogens (tertiary/aromatic N) is 2. The second-order valence-electron chi connectivity index (χ2n) is 7.74. The van der Waals surface area contributed by atoms with Crippen molar-refractivity contribution >= 4 is 23.4 Å². The molecule has 3 aliphatic heterocycles. The van der Waals surface area contributed by atoms with Gasteiger partial charge in [-0.2, -0.15) is 0 Å². The van der Waals surface area contributed by atoms with E-state index >= 15 is 0 Å². The van der Waals surface area contributed by atoms with Gasteiger partial charge >= 0.3 is 0 Å². The number of nitrogens with one attached hydrogen (secondary N) is 1. The number of ether oxygens (including phenoxy) is 3. The number of benzene rings is 1. The maximum atomic E-state index is 12.6. The summed E-state index contributed by atoms with van der Waals surface area (Å²) < 4.78 is 16.4. The average molecular weight is 403 g/mol. The third-order valence-electron chi connectivity index (χ3n) is 5.49. The summed E-state index contributed by atoms with van der Waals surface area (Å²) in [6.07, 6.45) is 0.902. The van der Waals surface area contributed by atoms with Gasteiger partial charge in [0, 0.05) is 45.4 Å². The summed E-state index contributed by atoms with van der Waals surface area (Å²) in [6, 6.07) is 5.32. The van der Waals surface area contributed by atoms with Gasteiger partial charge in [0.15, 0.2) is 11.5 Å². The van der Waals surface area contributed by atoms with Crippen LogP contribution in [0.4, 0.5) is 5.69 Å². The lowest BCUT2D eigenvalue weighted by atomic mass is 10.1. The lowest BCUT2D eigenvalue weighted by Crippen LogP contribution is -2.39. The highest BCUT2D eigenvalue weighted by molar-refractivity contribution is 6.00. The molecule has 2 saturated heterocycles. The molecule has 2 fully saturated rings. The molecule has 0 spiro atoms. The maximum Gasteiger partial charge on any atom is 0.251 e. The zero-order valence-electron chi connectivity index (χ0n) is 16.6. The number of hydrogen-bond donors (Lipinski definition) is 1. The van der Waals surface area contributed by atoms with Crippen LogP contribution in [0.15, 0.2) is 18.2 Å². The fraction of sp³-hybridized carbons (Fsp3) is 0.550. The van der Waals surface area contributed by atoms with Gasteiger partial charge in [-0.05, 0) is 25.0 Å². The minimum absolute atomic E-state index is 0.0559. The van der Waals surface area contributed by atoms with Crippen molar-refractivity contribution in [2.45, 2.75) is 31.5 Å². The Balaban J connectivity index is 1.29. The van der Waals surface area contributed by atoms with Crippen molar-refractivity contribution < 1.29 is 28.6 Å². The molecule has 3 unspecified atom stereocenters. The number of likely N-dealkylation sites (N-methyl/N-ethyl adjacent to an activating group) is 1. The van der Waals surface area contributed by atoms with Crippen LogP contribution in [0, 0.1) is 5.92 Å². The fourth-order valence-corrected chi connectivity index (χ4v) is 3.87. The Kier molecular flexibility index (Phi) is 5.31. The Morgan fingerprint density at radius 2 is 2.00 bits per heavy atom. The molecule has 4 rings (SSSR count). The quantitative estimate of drug-likeness (QED) is 0.770. The van der Waals surface area contributed by atoms with E-state index in [1.807, 2.05) is 0 Å². The van der Waals surface area contributed by atoms with Crippen LogP contribution in [-0.4, -0.2) is 68.8 Å². The second-order valence-corrected chi connectivity index (χ2v) is 7.74. The van der Waals surface area contributed by atoms with Crippen molar-refractivity contribution in [1.29, 1.82) is 0 Å². The first-order chi connectivity index (χ1) is 13.9. The molecule has 0 radical (unpaired) electrons. The largest absolute Gasteiger partial charge is 0.454 e. The molecule has 0 aliphatic carbocycles. The highest BCUT2D eigenvalue weighted by Gasteiger charge is 2.37. The van der Waals surface area contributed by atoms with Crippen LogP contribution in [-0.2, 0) is 19.1 Å². The number of hydrogen-bond acceptors (Lipinski definition) is 6. The van der Waals surface area contributed by atoms with Gasteiger partial charge in [0.05, 0.1) is 12.0 Å². The van der Waals surface area contributed by atoms with Crippen LogP contribution in [0.5, 0.6) is 11.5 Å². The minimum Gasteiger partial charge on any atom is -0.454 e. The van der Waals surface area contributed by atoms with Gasteiger partial charge in [0.25, 0.3) is 5.91 Å². The summed E-state index contributed by atoms with van der Waals surface area (Å²) in [5.41, 5.74) is 0.693. The van der Waals surface area contributed by atoms with E-state index in [9.17, 15) is 14.4 Å². The Labute approximate surface area is 168 Å². The number of amides is 3. The van der Waals surface area contributed by atoms with Gasteiger partial charge in [-0.15, -0.1) is 0 Å². The summed E-state index contributed by atoms with van der Waals surface area (Å²) >= 11 is 0. The van der Waals surface area contributed by atoms with Crippen molar-refractivity contribution in [2.75, 3.05) is 38.9 Å². The molecule has 3 aliphatic rings. The number of fused-ring (bicyclic) bond motifs is 1. The van der Waals surface area contributed by atoms with E-state index in [0.717, 1.165) is 6.42 Å². The first-order valence-electron chi connectivity index (χ1n) is 9.76. The molecule has 9 heteroatoms. The minimum atomic E-state index is -0.443. The molecule has 1 N–H and O–H groups in total. The molecular weight excluding hydrogens is 378 g/mol. The predicted molar refractivity (Wildman–Crippen MR) is 103 cm³/mol. The van der Waals surface area contributed by atoms with E-state index in [1.54, 1.807) is 37.2 Å². The monoisotopic (exact) mass is 403 g/mol. The lowest BCUT2D eigenvalue weighted by Gasteiger charge is -2.19. The molecule has 3 atom stereocenters. The van der Waals surface area contributed by atoms with Crippen LogP contribution in [0.2, 0.25) is 0 Å². The van der Waals surface area contributed by atoms with Crippen molar-refractivity contribution in [1.82, 2.24) is 10.2 Å². The van der Waals surface area contributed by atoms with Gasteiger partial charge in [-0.25, -0.2) is 0 Å². The number of carbonyl (C=O) groups is 3. The molecule has 1 aromatic carbocycles. The normalized spacial score (nSPS) is 25.4. The van der Waals surface area contributed by atoms with Gasteiger partial charge in [-0.1, -0.05) is 0 Å². The molecule has 3 heterocycles. The molecule has 29 heavy (non-hydrogen) atoms. The summed E-state index contributed by atoms with van der Waals surface area (Å²) in [5, 5.41) is 2.88. The van der Waals surface area contributed by atoms with Crippen molar-refractivity contribution in [3.05, 3.63) is 18.2 Å². The van der Waals surface area contributed by atoms with E-state index in [0.29, 0.717) is 36.7 Å². The van der Waals surface area contributed by atoms with Crippen molar-refractivity contribution in [3.63, 3.8) is 0 Å². The Hall–Kier alpha value is -2.81. The van der Waals surface area contributed by atoms with E-state index in [2.05, 4.69) is 5.32 Å². The molecular formula is C20H25N3O6. The van der Waals surface area contributed by atoms with E-state index in [4.69, 9.17) is 14.2 Å². The Morgan fingerprint density at radius 3 is 2.79 bits per heavy atom. The molecule has 9 nitrogen and oxygen atoms in total. The van der Waals surface area contributed by atoms with E-state index in [1.165, 1.54) is 4.90 Å². The molecule has 156 valence electrons. The number of carbonyl (C=O) groups excluding carboxylic acids is 3. The summed E-state index contributed by atoms with van der Waals surface area (Å²) in [6.45, 7) is 0.824. The number of rotatable bonds is 5. The van der Waals surface area contributed by atoms with Gasteiger partial charge in [0.2, 0.25) is 18.6 Å². The smallest absolute Gasteiger partial charge is 0.251 e. The van der Waals surface area contributed by atoms with Crippen LogP contribution in [0.1, 0.15) is 19.3 Å². The zero-order valence-corrected chi connectivity index (χ0v) is 16.6. The highest BCUT2D eigenvalue weighted by Crippen LogP contribution is 2.37. The Morgan fingerprint density at radius 1 is 1.21 bits per heavy atom. The maximum absolute atomic E-state index is 12.6. The van der Waals surface area contributed by atoms with Crippen molar-refractivity contribution in [3.8, 4) is 11.5 Å². The predicted octanol–water partition coefficient (Wildman–Crippen LogP) is 0.520. The molecule has 0 aromatic heterocycles. The topological polar surface area (TPSA) is 97.4 Å². The standard InChI is InChI=1S/C20H25N3O6/c1-22(2)20(26)16-6-4-14(29-16)9-21-19(25)12-7-18(24)23(10-12)13-3-5-15-17(8-13)28-11-27-15/h3,5,8,12,14,16H,4,6-7,9-11H2,1-2H3,(H,21,25). The fourth-order valence-electron chi connectivity index (χ4n) is 3.87. The van der Waals surface area contributed by atoms with Crippen molar-refractivity contribution in [2.24, 2.45) is 5.92 Å². The summed E-state index contributed by atoms with van der Waals surface area (Å²) in [7, 11) is 3.40. The molecule has 1 aromatic rings. The van der Waals surface area contributed by atoms with E-state index < -0.39 is 12.0 Å². The third-order valence-corrected chi connectivity index (χ3v) is 5.49. The molecule has 3 amide bonds. The molecule has 0 saturated carbocycles. The van der Waals surface area contributed by atoms with Gasteiger partial charge in [-0.3, -0.25) is 14.4 Å². The summed E-state index contributed by atoms with van der Waals surface area (Å²) in [5.74, 6) is 0.499. The van der Waals surface area contributed by atoms with Gasteiger partial charge < -0.3 is 29.3 Å². The second kappa shape index (κ2) is 7.90. The first kappa shape index (κ1) is 19.5. The van der Waals surface area contributed by atoms with Crippen LogP contribution >= 0.6 is 0 Å².